The van der Waals surface area contributed by atoms with Gasteiger partial charge in [0.15, 0.2) is 12.1 Å². The third-order valence-corrected chi connectivity index (χ3v) is 5.97. The molecule has 2 heterocycles. The van der Waals surface area contributed by atoms with Crippen molar-refractivity contribution in [3.63, 3.8) is 0 Å². The Morgan fingerprint density at radius 1 is 1.12 bits per heavy atom. The van der Waals surface area contributed by atoms with E-state index in [9.17, 15) is 13.3 Å². The molecular formula is C14H25F2O7P. The van der Waals surface area contributed by atoms with E-state index in [2.05, 4.69) is 0 Å². The number of hydrogen-bond acceptors (Lipinski definition) is 7. The molecule has 142 valence electrons. The van der Waals surface area contributed by atoms with Crippen LogP contribution >= 0.6 is 7.60 Å². The normalized spacial score (nSPS) is 33.0. The molecule has 2 unspecified atom stereocenters. The summed E-state index contributed by atoms with van der Waals surface area (Å²) in [5, 5.41) is 0. The predicted molar refractivity (Wildman–Crippen MR) is 79.9 cm³/mol. The van der Waals surface area contributed by atoms with Gasteiger partial charge in [-0.15, -0.1) is 0 Å². The van der Waals surface area contributed by atoms with Gasteiger partial charge in [-0.25, -0.2) is 0 Å². The molecule has 0 spiro atoms. The molecule has 2 fully saturated rings. The monoisotopic (exact) mass is 374 g/mol. The van der Waals surface area contributed by atoms with Crippen LogP contribution in [-0.2, 0) is 32.6 Å². The summed E-state index contributed by atoms with van der Waals surface area (Å²) in [6.45, 7) is 6.00. The molecule has 24 heavy (non-hydrogen) atoms. The van der Waals surface area contributed by atoms with Crippen LogP contribution in [0, 0.1) is 0 Å². The first-order chi connectivity index (χ1) is 11.1. The molecule has 0 bridgehead atoms. The third kappa shape index (κ3) is 3.82. The lowest BCUT2D eigenvalue weighted by molar-refractivity contribution is -0.231. The van der Waals surface area contributed by atoms with Gasteiger partial charge >= 0.3 is 13.3 Å². The lowest BCUT2D eigenvalue weighted by Crippen LogP contribution is -2.35. The van der Waals surface area contributed by atoms with E-state index in [0.717, 1.165) is 0 Å². The van der Waals surface area contributed by atoms with Crippen molar-refractivity contribution in [1.82, 2.24) is 0 Å². The fraction of sp³-hybridized carbons (Fsp3) is 1.00. The van der Waals surface area contributed by atoms with Gasteiger partial charge < -0.3 is 28.0 Å². The van der Waals surface area contributed by atoms with Crippen molar-refractivity contribution in [3.8, 4) is 0 Å². The number of fused-ring (bicyclic) bond motifs is 1. The Labute approximate surface area is 140 Å². The highest BCUT2D eigenvalue weighted by Crippen LogP contribution is 2.64. The highest BCUT2D eigenvalue weighted by molar-refractivity contribution is 7.55. The predicted octanol–water partition coefficient (Wildman–Crippen LogP) is 3.13. The molecule has 2 rings (SSSR count). The van der Waals surface area contributed by atoms with Crippen LogP contribution in [0.4, 0.5) is 8.78 Å². The SMILES string of the molecule is CCOP(=O)(OCC)C(F)(F)C[C@H]1O[C@@H](OC)C2OC(C)(C)OC21. The largest absolute Gasteiger partial charge is 0.399 e. The minimum absolute atomic E-state index is 0.155. The van der Waals surface area contributed by atoms with E-state index in [4.69, 9.17) is 28.0 Å². The zero-order valence-corrected chi connectivity index (χ0v) is 15.4. The first-order valence-electron chi connectivity index (χ1n) is 7.90. The van der Waals surface area contributed by atoms with Crippen molar-refractivity contribution in [2.24, 2.45) is 0 Å². The quantitative estimate of drug-likeness (QED) is 0.605. The van der Waals surface area contributed by atoms with Gasteiger partial charge in [-0.2, -0.15) is 8.78 Å². The highest BCUT2D eigenvalue weighted by Gasteiger charge is 2.61. The Morgan fingerprint density at radius 2 is 1.67 bits per heavy atom. The van der Waals surface area contributed by atoms with Crippen molar-refractivity contribution < 1.29 is 41.3 Å². The van der Waals surface area contributed by atoms with E-state index in [1.807, 2.05) is 0 Å². The van der Waals surface area contributed by atoms with Gasteiger partial charge in [0.2, 0.25) is 0 Å². The molecule has 0 amide bonds. The van der Waals surface area contributed by atoms with Crippen LogP contribution in [0.2, 0.25) is 0 Å². The van der Waals surface area contributed by atoms with E-state index < -0.39 is 50.1 Å². The van der Waals surface area contributed by atoms with Gasteiger partial charge in [-0.1, -0.05) is 0 Å². The van der Waals surface area contributed by atoms with Crippen molar-refractivity contribution in [2.45, 2.75) is 70.2 Å². The summed E-state index contributed by atoms with van der Waals surface area (Å²) in [6.07, 6.45) is -4.18. The summed E-state index contributed by atoms with van der Waals surface area (Å²) in [6, 6.07) is 0. The van der Waals surface area contributed by atoms with Crippen molar-refractivity contribution in [3.05, 3.63) is 0 Å². The van der Waals surface area contributed by atoms with Crippen molar-refractivity contribution in [2.75, 3.05) is 20.3 Å². The van der Waals surface area contributed by atoms with Gasteiger partial charge in [0.25, 0.3) is 0 Å². The molecule has 4 atom stereocenters. The number of rotatable bonds is 8. The second-order valence-electron chi connectivity index (χ2n) is 6.05. The van der Waals surface area contributed by atoms with Crippen LogP contribution < -0.4 is 0 Å². The fourth-order valence-electron chi connectivity index (χ4n) is 2.92. The van der Waals surface area contributed by atoms with E-state index in [1.54, 1.807) is 13.8 Å². The first kappa shape index (κ1) is 20.2. The van der Waals surface area contributed by atoms with Crippen LogP contribution in [0.15, 0.2) is 0 Å². The van der Waals surface area contributed by atoms with E-state index in [-0.39, 0.29) is 13.2 Å². The molecule has 2 saturated heterocycles. The third-order valence-electron chi connectivity index (χ3n) is 3.79. The molecular weight excluding hydrogens is 349 g/mol. The maximum absolute atomic E-state index is 14.6. The standard InChI is InChI=1S/C14H25F2O7P/c1-6-19-24(17,20-7-2)14(15,16)8-9-10-11(12(18-5)21-9)23-13(3,4)22-10/h9-12H,6-8H2,1-5H3/t9-,10?,11?,12-/m1/s1. The molecule has 2 aliphatic rings. The Hall–Kier alpha value is -0.150. The Morgan fingerprint density at radius 3 is 2.17 bits per heavy atom. The van der Waals surface area contributed by atoms with Gasteiger partial charge in [-0.05, 0) is 27.7 Å². The van der Waals surface area contributed by atoms with Crippen LogP contribution in [-0.4, -0.2) is 56.4 Å². The Bertz CT molecular complexity index is 478. The maximum Gasteiger partial charge on any atom is 0.399 e. The molecule has 0 saturated carbocycles. The van der Waals surface area contributed by atoms with E-state index in [1.165, 1.54) is 21.0 Å². The van der Waals surface area contributed by atoms with Crippen LogP contribution in [0.25, 0.3) is 0 Å². The van der Waals surface area contributed by atoms with Gasteiger partial charge in [0, 0.05) is 7.11 Å². The maximum atomic E-state index is 14.6. The zero-order valence-electron chi connectivity index (χ0n) is 14.5. The molecule has 7 nitrogen and oxygen atoms in total. The number of halogens is 2. The smallest absolute Gasteiger partial charge is 0.353 e. The molecule has 10 heteroatoms. The molecule has 0 aromatic carbocycles. The summed E-state index contributed by atoms with van der Waals surface area (Å²) < 4.78 is 73.2. The Kier molecular flexibility index (Phi) is 6.07. The second kappa shape index (κ2) is 7.23. The zero-order chi connectivity index (χ0) is 18.2. The average molecular weight is 374 g/mol. The van der Waals surface area contributed by atoms with Crippen molar-refractivity contribution >= 4 is 7.60 Å². The first-order valence-corrected chi connectivity index (χ1v) is 9.44. The summed E-state index contributed by atoms with van der Waals surface area (Å²) in [7, 11) is -3.23. The minimum atomic E-state index is -4.62. The molecule has 0 radical (unpaired) electrons. The fourth-order valence-corrected chi connectivity index (χ4v) is 4.45. The molecule has 0 aromatic heterocycles. The van der Waals surface area contributed by atoms with Crippen LogP contribution in [0.1, 0.15) is 34.1 Å². The van der Waals surface area contributed by atoms with Crippen LogP contribution in [0.5, 0.6) is 0 Å². The van der Waals surface area contributed by atoms with Crippen molar-refractivity contribution in [1.29, 1.82) is 0 Å². The Balaban J connectivity index is 2.17. The lowest BCUT2D eigenvalue weighted by atomic mass is 10.1. The molecule has 0 N–H and O–H groups in total. The van der Waals surface area contributed by atoms with E-state index in [0.29, 0.717) is 0 Å². The topological polar surface area (TPSA) is 72.5 Å². The number of hydrogen-bond donors (Lipinski definition) is 0. The average Bonchev–Trinajstić information content (AvgIpc) is 2.93. The number of ether oxygens (including phenoxy) is 4. The van der Waals surface area contributed by atoms with Crippen LogP contribution in [0.3, 0.4) is 0 Å². The summed E-state index contributed by atoms with van der Waals surface area (Å²) in [5.41, 5.74) is -3.73. The summed E-state index contributed by atoms with van der Waals surface area (Å²) in [4.78, 5) is 0. The molecule has 0 aromatic rings. The minimum Gasteiger partial charge on any atom is -0.353 e. The van der Waals surface area contributed by atoms with E-state index >= 15 is 0 Å². The second-order valence-corrected chi connectivity index (χ2v) is 8.21. The molecule has 0 aliphatic carbocycles. The lowest BCUT2D eigenvalue weighted by Gasteiger charge is -2.29. The van der Waals surface area contributed by atoms with Gasteiger partial charge in [0.1, 0.15) is 12.2 Å². The molecule has 2 aliphatic heterocycles. The summed E-state index contributed by atoms with van der Waals surface area (Å²) >= 11 is 0. The van der Waals surface area contributed by atoms with Gasteiger partial charge in [-0.3, -0.25) is 4.57 Å². The highest BCUT2D eigenvalue weighted by atomic mass is 31.2. The van der Waals surface area contributed by atoms with Gasteiger partial charge in [0.05, 0.1) is 25.7 Å². The number of methoxy groups -OCH3 is 1. The summed E-state index contributed by atoms with van der Waals surface area (Å²) in [5.74, 6) is -0.938. The number of alkyl halides is 2.